The number of nitrogens with zero attached hydrogens (tertiary/aromatic N) is 2. The predicted octanol–water partition coefficient (Wildman–Crippen LogP) is 0.256. The van der Waals surface area contributed by atoms with E-state index in [4.69, 9.17) is 5.73 Å². The van der Waals surface area contributed by atoms with Crippen molar-refractivity contribution in [1.29, 1.82) is 0 Å². The molecule has 0 bridgehead atoms. The Morgan fingerprint density at radius 3 is 2.37 bits per heavy atom. The Bertz CT molecular complexity index is 291. The molecule has 5 nitrogen and oxygen atoms in total. The van der Waals surface area contributed by atoms with Gasteiger partial charge in [0.05, 0.1) is 0 Å². The van der Waals surface area contributed by atoms with Crippen molar-refractivity contribution in [2.24, 2.45) is 5.73 Å². The number of hydrogen-bond acceptors (Lipinski definition) is 4. The minimum atomic E-state index is -0.608. The Morgan fingerprint density at radius 1 is 1.32 bits per heavy atom. The van der Waals surface area contributed by atoms with Gasteiger partial charge in [-0.15, -0.1) is 0 Å². The van der Waals surface area contributed by atoms with E-state index in [2.05, 4.69) is 36.1 Å². The zero-order valence-corrected chi connectivity index (χ0v) is 12.9. The molecule has 5 heteroatoms. The largest absolute Gasteiger partial charge is 0.368 e. The second-order valence-electron chi connectivity index (χ2n) is 6.19. The van der Waals surface area contributed by atoms with E-state index in [-0.39, 0.29) is 5.91 Å². The van der Waals surface area contributed by atoms with Crippen molar-refractivity contribution in [2.75, 3.05) is 40.3 Å². The van der Waals surface area contributed by atoms with Crippen LogP contribution in [0.4, 0.5) is 0 Å². The molecule has 1 atom stereocenters. The number of primary amides is 1. The number of nitrogens with one attached hydrogen (secondary N) is 1. The van der Waals surface area contributed by atoms with Gasteiger partial charge < -0.3 is 10.6 Å². The standard InChI is InChI=1S/C14H30N4O/c1-5-8-18(10-9-17(3)4)11-14(2,13(15)19)16-12-6-7-12/h12,16H,5-11H2,1-4H3,(H2,15,19). The molecule has 0 aromatic carbocycles. The summed E-state index contributed by atoms with van der Waals surface area (Å²) < 4.78 is 0. The first-order valence-corrected chi connectivity index (χ1v) is 7.32. The van der Waals surface area contributed by atoms with Gasteiger partial charge in [-0.2, -0.15) is 0 Å². The average molecular weight is 270 g/mol. The number of nitrogens with two attached hydrogens (primary N) is 1. The lowest BCUT2D eigenvalue weighted by Crippen LogP contribution is -2.60. The van der Waals surface area contributed by atoms with E-state index in [1.165, 1.54) is 0 Å². The van der Waals surface area contributed by atoms with E-state index in [1.807, 2.05) is 6.92 Å². The lowest BCUT2D eigenvalue weighted by atomic mass is 10.00. The zero-order chi connectivity index (χ0) is 14.5. The fraction of sp³-hybridized carbons (Fsp3) is 0.929. The van der Waals surface area contributed by atoms with Gasteiger partial charge in [-0.3, -0.25) is 15.0 Å². The van der Waals surface area contributed by atoms with Crippen LogP contribution in [0, 0.1) is 0 Å². The van der Waals surface area contributed by atoms with Gasteiger partial charge in [0.15, 0.2) is 0 Å². The van der Waals surface area contributed by atoms with E-state index in [0.717, 1.165) is 38.9 Å². The van der Waals surface area contributed by atoms with E-state index in [0.29, 0.717) is 12.6 Å². The quantitative estimate of drug-likeness (QED) is 0.598. The Kier molecular flexibility index (Phi) is 6.23. The molecule has 0 radical (unpaired) electrons. The molecule has 1 saturated carbocycles. The summed E-state index contributed by atoms with van der Waals surface area (Å²) in [6.07, 6.45) is 3.41. The van der Waals surface area contributed by atoms with Crippen LogP contribution >= 0.6 is 0 Å². The molecule has 3 N–H and O–H groups in total. The summed E-state index contributed by atoms with van der Waals surface area (Å²) >= 11 is 0. The van der Waals surface area contributed by atoms with Crippen LogP contribution in [0.1, 0.15) is 33.1 Å². The maximum absolute atomic E-state index is 11.8. The van der Waals surface area contributed by atoms with Crippen molar-refractivity contribution in [3.05, 3.63) is 0 Å². The van der Waals surface area contributed by atoms with Crippen molar-refractivity contribution in [3.8, 4) is 0 Å². The molecule has 1 aliphatic carbocycles. The van der Waals surface area contributed by atoms with Crippen LogP contribution < -0.4 is 11.1 Å². The van der Waals surface area contributed by atoms with Crippen molar-refractivity contribution in [3.63, 3.8) is 0 Å². The molecular formula is C14H30N4O. The second kappa shape index (κ2) is 7.22. The Labute approximate surface area is 117 Å². The van der Waals surface area contributed by atoms with E-state index < -0.39 is 5.54 Å². The lowest BCUT2D eigenvalue weighted by molar-refractivity contribution is -0.124. The second-order valence-corrected chi connectivity index (χ2v) is 6.19. The topological polar surface area (TPSA) is 61.6 Å². The number of hydrogen-bond donors (Lipinski definition) is 2. The Morgan fingerprint density at radius 2 is 1.95 bits per heavy atom. The minimum absolute atomic E-state index is 0.245. The summed E-state index contributed by atoms with van der Waals surface area (Å²) in [5, 5.41) is 3.41. The summed E-state index contributed by atoms with van der Waals surface area (Å²) in [4.78, 5) is 16.3. The van der Waals surface area contributed by atoms with Crippen LogP contribution in [-0.2, 0) is 4.79 Å². The summed E-state index contributed by atoms with van der Waals surface area (Å²) in [5.41, 5.74) is 5.00. The summed E-state index contributed by atoms with van der Waals surface area (Å²) in [6, 6.07) is 0.481. The molecule has 1 unspecified atom stereocenters. The first-order valence-electron chi connectivity index (χ1n) is 7.32. The first-order chi connectivity index (χ1) is 8.87. The monoisotopic (exact) mass is 270 g/mol. The highest BCUT2D eigenvalue weighted by Crippen LogP contribution is 2.23. The molecule has 0 heterocycles. The highest BCUT2D eigenvalue weighted by Gasteiger charge is 2.38. The van der Waals surface area contributed by atoms with E-state index in [1.54, 1.807) is 0 Å². The third kappa shape index (κ3) is 5.89. The van der Waals surface area contributed by atoms with Crippen molar-refractivity contribution in [1.82, 2.24) is 15.1 Å². The lowest BCUT2D eigenvalue weighted by Gasteiger charge is -2.34. The summed E-state index contributed by atoms with van der Waals surface area (Å²) in [7, 11) is 4.14. The van der Waals surface area contributed by atoms with Crippen LogP contribution in [0.2, 0.25) is 0 Å². The highest BCUT2D eigenvalue weighted by molar-refractivity contribution is 5.84. The van der Waals surface area contributed by atoms with Crippen molar-refractivity contribution < 1.29 is 4.79 Å². The third-order valence-electron chi connectivity index (χ3n) is 3.59. The normalized spacial score (nSPS) is 18.8. The van der Waals surface area contributed by atoms with Crippen molar-refractivity contribution >= 4 is 5.91 Å². The molecule has 1 rings (SSSR count). The molecule has 0 aromatic rings. The maximum atomic E-state index is 11.8. The molecule has 0 spiro atoms. The van der Waals surface area contributed by atoms with Gasteiger partial charge in [0.25, 0.3) is 0 Å². The molecule has 0 saturated heterocycles. The summed E-state index contributed by atoms with van der Waals surface area (Å²) in [5.74, 6) is -0.245. The molecule has 1 aliphatic rings. The van der Waals surface area contributed by atoms with Crippen LogP contribution in [0.25, 0.3) is 0 Å². The van der Waals surface area contributed by atoms with Crippen molar-refractivity contribution in [2.45, 2.75) is 44.7 Å². The first kappa shape index (κ1) is 16.4. The van der Waals surface area contributed by atoms with Gasteiger partial charge in [-0.25, -0.2) is 0 Å². The minimum Gasteiger partial charge on any atom is -0.368 e. The molecule has 0 aliphatic heterocycles. The molecule has 1 amide bonds. The van der Waals surface area contributed by atoms with E-state index in [9.17, 15) is 4.79 Å². The van der Waals surface area contributed by atoms with Gasteiger partial charge in [-0.05, 0) is 46.8 Å². The SMILES string of the molecule is CCCN(CCN(C)C)CC(C)(NC1CC1)C(N)=O. The Balaban J connectivity index is 2.57. The van der Waals surface area contributed by atoms with Gasteiger partial charge in [0, 0.05) is 25.7 Å². The number of rotatable bonds is 10. The summed E-state index contributed by atoms with van der Waals surface area (Å²) in [6.45, 7) is 7.77. The number of carbonyl (C=O) groups excluding carboxylic acids is 1. The van der Waals surface area contributed by atoms with E-state index >= 15 is 0 Å². The zero-order valence-electron chi connectivity index (χ0n) is 12.9. The van der Waals surface area contributed by atoms with Gasteiger partial charge in [0.2, 0.25) is 5.91 Å². The molecule has 1 fully saturated rings. The maximum Gasteiger partial charge on any atom is 0.238 e. The number of likely N-dealkylation sites (N-methyl/N-ethyl adjacent to an activating group) is 1. The fourth-order valence-corrected chi connectivity index (χ4v) is 2.25. The molecule has 112 valence electrons. The highest BCUT2D eigenvalue weighted by atomic mass is 16.1. The van der Waals surface area contributed by atoms with Crippen LogP contribution in [0.3, 0.4) is 0 Å². The fourth-order valence-electron chi connectivity index (χ4n) is 2.25. The van der Waals surface area contributed by atoms with Crippen LogP contribution in [0.5, 0.6) is 0 Å². The van der Waals surface area contributed by atoms with Crippen LogP contribution in [-0.4, -0.2) is 67.6 Å². The molecule has 19 heavy (non-hydrogen) atoms. The number of amides is 1. The Hall–Kier alpha value is -0.650. The molecule has 0 aromatic heterocycles. The van der Waals surface area contributed by atoms with Crippen LogP contribution in [0.15, 0.2) is 0 Å². The van der Waals surface area contributed by atoms with Gasteiger partial charge >= 0.3 is 0 Å². The smallest absolute Gasteiger partial charge is 0.238 e. The molecular weight excluding hydrogens is 240 g/mol. The van der Waals surface area contributed by atoms with Gasteiger partial charge in [-0.1, -0.05) is 6.92 Å². The van der Waals surface area contributed by atoms with Gasteiger partial charge in [0.1, 0.15) is 5.54 Å². The number of carbonyl (C=O) groups is 1. The predicted molar refractivity (Wildman–Crippen MR) is 79.0 cm³/mol. The third-order valence-corrected chi connectivity index (χ3v) is 3.59. The average Bonchev–Trinajstić information content (AvgIpc) is 3.09.